The van der Waals surface area contributed by atoms with Gasteiger partial charge in [-0.15, -0.1) is 0 Å². The molecule has 21 heavy (non-hydrogen) atoms. The van der Waals surface area contributed by atoms with E-state index in [9.17, 15) is 13.2 Å². The Hall–Kier alpha value is -1.90. The Kier molecular flexibility index (Phi) is 4.61. The van der Waals surface area contributed by atoms with Gasteiger partial charge in [-0.2, -0.15) is 0 Å². The minimum atomic E-state index is -3.11. The Labute approximate surface area is 122 Å². The van der Waals surface area contributed by atoms with Crippen molar-refractivity contribution in [2.24, 2.45) is 0 Å². The fraction of sp³-hybridized carbons (Fsp3) is 0.583. The van der Waals surface area contributed by atoms with Crippen molar-refractivity contribution in [2.45, 2.75) is 19.4 Å². The number of anilines is 1. The lowest BCUT2D eigenvalue weighted by atomic mass is 10.2. The van der Waals surface area contributed by atoms with Crippen molar-refractivity contribution in [1.29, 1.82) is 0 Å². The highest BCUT2D eigenvalue weighted by atomic mass is 32.2. The van der Waals surface area contributed by atoms with Gasteiger partial charge in [-0.3, -0.25) is 4.79 Å². The predicted octanol–water partition coefficient (Wildman–Crippen LogP) is -0.0466. The minimum absolute atomic E-state index is 0.0613. The molecule has 0 aromatic carbocycles. The van der Waals surface area contributed by atoms with Crippen LogP contribution in [-0.2, 0) is 14.6 Å². The van der Waals surface area contributed by atoms with Gasteiger partial charge in [-0.1, -0.05) is 0 Å². The standard InChI is InChI=1S/C12H17N3O5S/c1-2-20-11-5-10(13-8-14-11)15(6-12(16)17)9-3-4-21(18,19)7-9/h5,8-9H,2-4,6-7H2,1H3,(H,16,17). The molecule has 1 aromatic rings. The number of nitrogens with zero attached hydrogens (tertiary/aromatic N) is 3. The molecule has 1 fully saturated rings. The topological polar surface area (TPSA) is 110 Å². The normalized spacial score (nSPS) is 20.1. The minimum Gasteiger partial charge on any atom is -0.480 e. The van der Waals surface area contributed by atoms with Crippen molar-refractivity contribution in [3.05, 3.63) is 12.4 Å². The van der Waals surface area contributed by atoms with Crippen molar-refractivity contribution in [3.8, 4) is 5.88 Å². The van der Waals surface area contributed by atoms with Gasteiger partial charge in [0.1, 0.15) is 18.7 Å². The molecule has 8 nitrogen and oxygen atoms in total. The van der Waals surface area contributed by atoms with Crippen LogP contribution in [0.15, 0.2) is 12.4 Å². The third-order valence-corrected chi connectivity index (χ3v) is 4.92. The molecule has 0 saturated carbocycles. The third kappa shape index (κ3) is 4.03. The molecule has 0 bridgehead atoms. The van der Waals surface area contributed by atoms with Gasteiger partial charge >= 0.3 is 5.97 Å². The van der Waals surface area contributed by atoms with Crippen molar-refractivity contribution in [1.82, 2.24) is 9.97 Å². The number of ether oxygens (including phenoxy) is 1. The van der Waals surface area contributed by atoms with Crippen molar-refractivity contribution >= 4 is 21.6 Å². The first-order chi connectivity index (χ1) is 9.91. The van der Waals surface area contributed by atoms with Gasteiger partial charge in [0.2, 0.25) is 5.88 Å². The van der Waals surface area contributed by atoms with E-state index in [1.807, 2.05) is 0 Å². The predicted molar refractivity (Wildman–Crippen MR) is 75.2 cm³/mol. The molecule has 1 N–H and O–H groups in total. The Morgan fingerprint density at radius 3 is 2.86 bits per heavy atom. The molecule has 1 aliphatic rings. The average molecular weight is 315 g/mol. The SMILES string of the molecule is CCOc1cc(N(CC(=O)O)C2CCS(=O)(=O)C2)ncn1. The largest absolute Gasteiger partial charge is 0.480 e. The zero-order valence-corrected chi connectivity index (χ0v) is 12.4. The van der Waals surface area contributed by atoms with Crippen LogP contribution in [0.5, 0.6) is 5.88 Å². The molecule has 1 unspecified atom stereocenters. The van der Waals surface area contributed by atoms with Gasteiger partial charge in [-0.25, -0.2) is 18.4 Å². The first-order valence-electron chi connectivity index (χ1n) is 6.55. The van der Waals surface area contributed by atoms with Crippen molar-refractivity contribution in [2.75, 3.05) is 29.6 Å². The second-order valence-corrected chi connectivity index (χ2v) is 6.95. The summed E-state index contributed by atoms with van der Waals surface area (Å²) >= 11 is 0. The lowest BCUT2D eigenvalue weighted by Gasteiger charge is -2.27. The second-order valence-electron chi connectivity index (χ2n) is 4.73. The summed E-state index contributed by atoms with van der Waals surface area (Å²) in [6.07, 6.45) is 1.67. The van der Waals surface area contributed by atoms with Crippen LogP contribution >= 0.6 is 0 Å². The average Bonchev–Trinajstić information content (AvgIpc) is 2.77. The zero-order chi connectivity index (χ0) is 15.5. The fourth-order valence-corrected chi connectivity index (χ4v) is 4.01. The summed E-state index contributed by atoms with van der Waals surface area (Å²) < 4.78 is 28.5. The number of aliphatic carboxylic acids is 1. The van der Waals surface area contributed by atoms with Gasteiger partial charge < -0.3 is 14.7 Å². The molecule has 1 saturated heterocycles. The summed E-state index contributed by atoms with van der Waals surface area (Å²) in [5, 5.41) is 9.04. The van der Waals surface area contributed by atoms with Crippen LogP contribution in [0.2, 0.25) is 0 Å². The number of carboxylic acid groups (broad SMARTS) is 1. The van der Waals surface area contributed by atoms with Crippen LogP contribution in [-0.4, -0.2) is 60.2 Å². The first-order valence-corrected chi connectivity index (χ1v) is 8.37. The molecule has 116 valence electrons. The van der Waals surface area contributed by atoms with E-state index in [2.05, 4.69) is 9.97 Å². The Bertz CT molecular complexity index is 619. The van der Waals surface area contributed by atoms with E-state index < -0.39 is 21.8 Å². The Balaban J connectivity index is 2.27. The summed E-state index contributed by atoms with van der Waals surface area (Å²) in [5.41, 5.74) is 0. The maximum Gasteiger partial charge on any atom is 0.323 e. The van der Waals surface area contributed by atoms with Gasteiger partial charge in [0.05, 0.1) is 18.1 Å². The number of carboxylic acids is 1. The van der Waals surface area contributed by atoms with Crippen LogP contribution in [0.4, 0.5) is 5.82 Å². The Morgan fingerprint density at radius 1 is 1.52 bits per heavy atom. The van der Waals surface area contributed by atoms with Gasteiger partial charge in [-0.05, 0) is 13.3 Å². The smallest absolute Gasteiger partial charge is 0.323 e. The van der Waals surface area contributed by atoms with E-state index >= 15 is 0 Å². The second kappa shape index (κ2) is 6.25. The number of rotatable bonds is 6. The Morgan fingerprint density at radius 2 is 2.29 bits per heavy atom. The zero-order valence-electron chi connectivity index (χ0n) is 11.6. The molecule has 0 aliphatic carbocycles. The molecule has 1 atom stereocenters. The molecule has 1 aromatic heterocycles. The molecule has 0 amide bonds. The highest BCUT2D eigenvalue weighted by Gasteiger charge is 2.34. The lowest BCUT2D eigenvalue weighted by Crippen LogP contribution is -2.40. The van der Waals surface area contributed by atoms with Crippen LogP contribution in [0, 0.1) is 0 Å². The van der Waals surface area contributed by atoms with E-state index in [-0.39, 0.29) is 18.1 Å². The number of carbonyl (C=O) groups is 1. The highest BCUT2D eigenvalue weighted by Crippen LogP contribution is 2.24. The lowest BCUT2D eigenvalue weighted by molar-refractivity contribution is -0.135. The van der Waals surface area contributed by atoms with Crippen molar-refractivity contribution < 1.29 is 23.1 Å². The molecule has 2 heterocycles. The number of hydrogen-bond donors (Lipinski definition) is 1. The van der Waals surface area contributed by atoms with Gasteiger partial charge in [0.15, 0.2) is 9.84 Å². The van der Waals surface area contributed by atoms with E-state index in [0.29, 0.717) is 24.7 Å². The van der Waals surface area contributed by atoms with Gasteiger partial charge in [0.25, 0.3) is 0 Å². The maximum absolute atomic E-state index is 11.6. The highest BCUT2D eigenvalue weighted by molar-refractivity contribution is 7.91. The van der Waals surface area contributed by atoms with Crippen LogP contribution < -0.4 is 9.64 Å². The summed E-state index contributed by atoms with van der Waals surface area (Å²) in [6, 6.07) is 1.13. The molecular formula is C12H17N3O5S. The molecule has 1 aliphatic heterocycles. The maximum atomic E-state index is 11.6. The fourth-order valence-electron chi connectivity index (χ4n) is 2.28. The summed E-state index contributed by atoms with van der Waals surface area (Å²) in [5.74, 6) is -0.349. The number of aromatic nitrogens is 2. The quantitative estimate of drug-likeness (QED) is 0.778. The molecule has 2 rings (SSSR count). The molecular weight excluding hydrogens is 298 g/mol. The van der Waals surface area contributed by atoms with E-state index in [0.717, 1.165) is 0 Å². The number of hydrogen-bond acceptors (Lipinski definition) is 7. The first kappa shape index (κ1) is 15.5. The van der Waals surface area contributed by atoms with Crippen LogP contribution in [0.3, 0.4) is 0 Å². The molecule has 0 radical (unpaired) electrons. The number of sulfone groups is 1. The third-order valence-electron chi connectivity index (χ3n) is 3.17. The van der Waals surface area contributed by atoms with E-state index in [1.54, 1.807) is 6.92 Å². The van der Waals surface area contributed by atoms with E-state index in [4.69, 9.17) is 9.84 Å². The summed E-state index contributed by atoms with van der Waals surface area (Å²) in [6.45, 7) is 1.91. The molecule has 9 heteroatoms. The van der Waals surface area contributed by atoms with Crippen molar-refractivity contribution in [3.63, 3.8) is 0 Å². The van der Waals surface area contributed by atoms with E-state index in [1.165, 1.54) is 17.3 Å². The molecule has 0 spiro atoms. The van der Waals surface area contributed by atoms with Crippen LogP contribution in [0.1, 0.15) is 13.3 Å². The summed E-state index contributed by atoms with van der Waals surface area (Å²) in [7, 11) is -3.11. The summed E-state index contributed by atoms with van der Waals surface area (Å²) in [4.78, 5) is 20.5. The van der Waals surface area contributed by atoms with Crippen LogP contribution in [0.25, 0.3) is 0 Å². The monoisotopic (exact) mass is 315 g/mol. The van der Waals surface area contributed by atoms with Gasteiger partial charge in [0, 0.05) is 12.1 Å².